The van der Waals surface area contributed by atoms with Crippen molar-refractivity contribution in [1.82, 2.24) is 9.80 Å². The van der Waals surface area contributed by atoms with Crippen LogP contribution in [0.4, 0.5) is 0 Å². The van der Waals surface area contributed by atoms with E-state index < -0.39 is 0 Å². The van der Waals surface area contributed by atoms with Gasteiger partial charge in [-0.3, -0.25) is 9.59 Å². The standard InChI is InChI=1S/C27H29BrN2O2S/c1-18(2)16-29(27(32)20-8-6-9-21(28)15-20)17-25(31)30-13-11-24-23(12-14-33-24)26(30)22-10-5-4-7-19(22)3/h4-10,12,14-15,18,26H,11,13,16-17H2,1-3H3. The molecule has 172 valence electrons. The van der Waals surface area contributed by atoms with Crippen LogP contribution in [0, 0.1) is 12.8 Å². The number of thiophene rings is 1. The summed E-state index contributed by atoms with van der Waals surface area (Å²) in [4.78, 5) is 32.1. The zero-order valence-electron chi connectivity index (χ0n) is 19.3. The number of hydrogen-bond donors (Lipinski definition) is 0. The molecular weight excluding hydrogens is 496 g/mol. The monoisotopic (exact) mass is 524 g/mol. The van der Waals surface area contributed by atoms with E-state index in [4.69, 9.17) is 0 Å². The Balaban J connectivity index is 1.64. The molecule has 0 fully saturated rings. The van der Waals surface area contributed by atoms with E-state index in [0.29, 0.717) is 18.7 Å². The van der Waals surface area contributed by atoms with Crippen LogP contribution in [0.15, 0.2) is 64.5 Å². The second-order valence-electron chi connectivity index (χ2n) is 8.99. The predicted molar refractivity (Wildman–Crippen MR) is 138 cm³/mol. The fraction of sp³-hybridized carbons (Fsp3) is 0.333. The summed E-state index contributed by atoms with van der Waals surface area (Å²) in [6, 6.07) is 17.7. The normalized spacial score (nSPS) is 15.4. The smallest absolute Gasteiger partial charge is 0.254 e. The maximum absolute atomic E-state index is 13.7. The molecule has 1 aliphatic rings. The Labute approximate surface area is 208 Å². The summed E-state index contributed by atoms with van der Waals surface area (Å²) in [6.07, 6.45) is 0.852. The first-order valence-electron chi connectivity index (χ1n) is 11.3. The molecule has 2 amide bonds. The van der Waals surface area contributed by atoms with Crippen LogP contribution in [-0.4, -0.2) is 41.2 Å². The van der Waals surface area contributed by atoms with Gasteiger partial charge >= 0.3 is 0 Å². The summed E-state index contributed by atoms with van der Waals surface area (Å²) in [6.45, 7) is 7.50. The van der Waals surface area contributed by atoms with Crippen molar-refractivity contribution >= 4 is 39.1 Å². The fourth-order valence-electron chi connectivity index (χ4n) is 4.53. The highest BCUT2D eigenvalue weighted by Crippen LogP contribution is 2.39. The molecule has 0 saturated heterocycles. The maximum Gasteiger partial charge on any atom is 0.254 e. The van der Waals surface area contributed by atoms with E-state index in [1.807, 2.05) is 35.2 Å². The van der Waals surface area contributed by atoms with Crippen LogP contribution in [-0.2, 0) is 11.2 Å². The zero-order valence-corrected chi connectivity index (χ0v) is 21.7. The SMILES string of the molecule is Cc1ccccc1C1c2ccsc2CCN1C(=O)CN(CC(C)C)C(=O)c1cccc(Br)c1. The minimum Gasteiger partial charge on any atom is -0.330 e. The van der Waals surface area contributed by atoms with E-state index >= 15 is 0 Å². The van der Waals surface area contributed by atoms with Gasteiger partial charge in [-0.25, -0.2) is 0 Å². The molecule has 1 unspecified atom stereocenters. The summed E-state index contributed by atoms with van der Waals surface area (Å²) in [7, 11) is 0. The van der Waals surface area contributed by atoms with Crippen LogP contribution in [0.5, 0.6) is 0 Å². The third-order valence-electron chi connectivity index (χ3n) is 6.04. The van der Waals surface area contributed by atoms with Gasteiger partial charge in [-0.05, 0) is 65.6 Å². The largest absolute Gasteiger partial charge is 0.330 e. The molecule has 1 aromatic heterocycles. The maximum atomic E-state index is 13.7. The van der Waals surface area contributed by atoms with Crippen molar-refractivity contribution in [3.8, 4) is 0 Å². The highest BCUT2D eigenvalue weighted by Gasteiger charge is 2.34. The molecule has 6 heteroatoms. The Kier molecular flexibility index (Phi) is 7.35. The van der Waals surface area contributed by atoms with Gasteiger partial charge < -0.3 is 9.80 Å². The van der Waals surface area contributed by atoms with Gasteiger partial charge in [0.05, 0.1) is 6.04 Å². The van der Waals surface area contributed by atoms with E-state index in [2.05, 4.69) is 60.3 Å². The molecule has 1 atom stereocenters. The molecule has 4 rings (SSSR count). The van der Waals surface area contributed by atoms with Gasteiger partial charge in [0.1, 0.15) is 6.54 Å². The molecular formula is C27H29BrN2O2S. The van der Waals surface area contributed by atoms with Gasteiger partial charge in [-0.15, -0.1) is 11.3 Å². The highest BCUT2D eigenvalue weighted by atomic mass is 79.9. The van der Waals surface area contributed by atoms with Gasteiger partial charge in [0.2, 0.25) is 5.91 Å². The number of rotatable bonds is 6. The average Bonchev–Trinajstić information content (AvgIpc) is 3.26. The van der Waals surface area contributed by atoms with Crippen molar-refractivity contribution in [2.75, 3.05) is 19.6 Å². The molecule has 3 aromatic rings. The summed E-state index contributed by atoms with van der Waals surface area (Å²) < 4.78 is 0.852. The lowest BCUT2D eigenvalue weighted by Gasteiger charge is -2.38. The van der Waals surface area contributed by atoms with Gasteiger partial charge in [0.15, 0.2) is 0 Å². The molecule has 0 spiro atoms. The Bertz CT molecular complexity index is 1160. The van der Waals surface area contributed by atoms with Crippen molar-refractivity contribution in [3.05, 3.63) is 91.6 Å². The van der Waals surface area contributed by atoms with Crippen molar-refractivity contribution in [1.29, 1.82) is 0 Å². The average molecular weight is 526 g/mol. The van der Waals surface area contributed by atoms with Crippen molar-refractivity contribution < 1.29 is 9.59 Å². The number of halogens is 1. The lowest BCUT2D eigenvalue weighted by atomic mass is 9.90. The summed E-state index contributed by atoms with van der Waals surface area (Å²) in [5, 5.41) is 2.12. The van der Waals surface area contributed by atoms with Gasteiger partial charge in [-0.2, -0.15) is 0 Å². The first-order valence-corrected chi connectivity index (χ1v) is 13.0. The van der Waals surface area contributed by atoms with Crippen LogP contribution < -0.4 is 0 Å². The van der Waals surface area contributed by atoms with Crippen molar-refractivity contribution in [2.24, 2.45) is 5.92 Å². The minimum atomic E-state index is -0.115. The number of hydrogen-bond acceptors (Lipinski definition) is 3. The molecule has 33 heavy (non-hydrogen) atoms. The Morgan fingerprint density at radius 2 is 1.91 bits per heavy atom. The van der Waals surface area contributed by atoms with Gasteiger partial charge in [0, 0.05) is 28.0 Å². The summed E-state index contributed by atoms with van der Waals surface area (Å²) in [5.41, 5.74) is 4.12. The molecule has 2 aromatic carbocycles. The van der Waals surface area contributed by atoms with Crippen LogP contribution >= 0.6 is 27.3 Å². The second-order valence-corrected chi connectivity index (χ2v) is 10.9. The minimum absolute atomic E-state index is 0.0101. The third-order valence-corrected chi connectivity index (χ3v) is 7.53. The number of aryl methyl sites for hydroxylation is 1. The van der Waals surface area contributed by atoms with Crippen molar-refractivity contribution in [2.45, 2.75) is 33.2 Å². The fourth-order valence-corrected chi connectivity index (χ4v) is 5.84. The molecule has 0 saturated carbocycles. The van der Waals surface area contributed by atoms with Crippen LogP contribution in [0.3, 0.4) is 0 Å². The molecule has 4 nitrogen and oxygen atoms in total. The number of fused-ring (bicyclic) bond motifs is 1. The van der Waals surface area contributed by atoms with Crippen molar-refractivity contribution in [3.63, 3.8) is 0 Å². The lowest BCUT2D eigenvalue weighted by Crippen LogP contribution is -2.47. The molecule has 0 N–H and O–H groups in total. The van der Waals surface area contributed by atoms with E-state index in [0.717, 1.165) is 16.5 Å². The third kappa shape index (κ3) is 5.22. The molecule has 2 heterocycles. The lowest BCUT2D eigenvalue weighted by molar-refractivity contribution is -0.134. The van der Waals surface area contributed by atoms with Crippen LogP contribution in [0.2, 0.25) is 0 Å². The van der Waals surface area contributed by atoms with E-state index in [1.165, 1.54) is 16.0 Å². The number of carbonyl (C=O) groups is 2. The molecule has 1 aliphatic heterocycles. The topological polar surface area (TPSA) is 40.6 Å². The number of benzene rings is 2. The van der Waals surface area contributed by atoms with Gasteiger partial charge in [0.25, 0.3) is 5.91 Å². The Hall–Kier alpha value is -2.44. The number of carbonyl (C=O) groups excluding carboxylic acids is 2. The number of nitrogens with zero attached hydrogens (tertiary/aromatic N) is 2. The first kappa shape index (κ1) is 23.7. The highest BCUT2D eigenvalue weighted by molar-refractivity contribution is 9.10. The van der Waals surface area contributed by atoms with Crippen LogP contribution in [0.25, 0.3) is 0 Å². The van der Waals surface area contributed by atoms with E-state index in [-0.39, 0.29) is 30.3 Å². The van der Waals surface area contributed by atoms with E-state index in [9.17, 15) is 9.59 Å². The Morgan fingerprint density at radius 1 is 1.12 bits per heavy atom. The molecule has 0 bridgehead atoms. The first-order chi connectivity index (χ1) is 15.8. The molecule has 0 radical (unpaired) electrons. The van der Waals surface area contributed by atoms with E-state index in [1.54, 1.807) is 22.3 Å². The number of amides is 2. The second kappa shape index (κ2) is 10.2. The summed E-state index contributed by atoms with van der Waals surface area (Å²) in [5.74, 6) is 0.133. The summed E-state index contributed by atoms with van der Waals surface area (Å²) >= 11 is 5.21. The quantitative estimate of drug-likeness (QED) is 0.391. The van der Waals surface area contributed by atoms with Gasteiger partial charge in [-0.1, -0.05) is 60.1 Å². The predicted octanol–water partition coefficient (Wildman–Crippen LogP) is 6.09. The Morgan fingerprint density at radius 3 is 2.64 bits per heavy atom. The van der Waals surface area contributed by atoms with Crippen LogP contribution in [0.1, 0.15) is 51.8 Å². The molecule has 0 aliphatic carbocycles. The zero-order chi connectivity index (χ0) is 23.5.